The molecule has 1 saturated heterocycles. The Balaban J connectivity index is 1.48. The molecule has 1 aromatic heterocycles. The third-order valence-corrected chi connectivity index (χ3v) is 3.16. The highest BCUT2D eigenvalue weighted by Crippen LogP contribution is 2.12. The Morgan fingerprint density at radius 1 is 1.32 bits per heavy atom. The quantitative estimate of drug-likeness (QED) is 0.807. The van der Waals surface area contributed by atoms with Crippen molar-refractivity contribution in [1.82, 2.24) is 15.0 Å². The van der Waals surface area contributed by atoms with Crippen LogP contribution >= 0.6 is 0 Å². The summed E-state index contributed by atoms with van der Waals surface area (Å²) in [6.45, 7) is 1.60. The van der Waals surface area contributed by atoms with E-state index in [1.807, 2.05) is 0 Å². The summed E-state index contributed by atoms with van der Waals surface area (Å²) >= 11 is 0. The zero-order valence-corrected chi connectivity index (χ0v) is 11.7. The molecule has 1 aliphatic heterocycles. The van der Waals surface area contributed by atoms with Gasteiger partial charge in [0, 0.05) is 6.42 Å². The SMILES string of the molecule is O=C1OCCN1CCOc1nc(Cc2ccc(F)cc2)no1. The molecule has 0 radical (unpaired) electrons. The van der Waals surface area contributed by atoms with Crippen LogP contribution in [0.2, 0.25) is 0 Å². The third-order valence-electron chi connectivity index (χ3n) is 3.16. The Morgan fingerprint density at radius 3 is 2.86 bits per heavy atom. The lowest BCUT2D eigenvalue weighted by molar-refractivity contribution is 0.145. The normalized spacial score (nSPS) is 14.2. The molecule has 0 saturated carbocycles. The van der Waals surface area contributed by atoms with E-state index in [4.69, 9.17) is 14.0 Å². The molecule has 8 heteroatoms. The van der Waals surface area contributed by atoms with Crippen LogP contribution in [0.5, 0.6) is 6.08 Å². The van der Waals surface area contributed by atoms with Crippen LogP contribution in [0.15, 0.2) is 28.8 Å². The molecule has 2 aromatic rings. The first-order valence-electron chi connectivity index (χ1n) is 6.82. The van der Waals surface area contributed by atoms with Gasteiger partial charge in [-0.2, -0.15) is 4.98 Å². The van der Waals surface area contributed by atoms with E-state index in [1.54, 1.807) is 12.1 Å². The zero-order chi connectivity index (χ0) is 15.4. The number of halogens is 1. The second-order valence-corrected chi connectivity index (χ2v) is 4.73. The van der Waals surface area contributed by atoms with Gasteiger partial charge in [0.2, 0.25) is 0 Å². The molecule has 0 aliphatic carbocycles. The predicted molar refractivity (Wildman–Crippen MR) is 71.9 cm³/mol. The van der Waals surface area contributed by atoms with Crippen LogP contribution in [0, 0.1) is 5.82 Å². The number of hydrogen-bond acceptors (Lipinski definition) is 6. The monoisotopic (exact) mass is 307 g/mol. The number of rotatable bonds is 6. The molecule has 0 atom stereocenters. The van der Waals surface area contributed by atoms with Gasteiger partial charge in [0.1, 0.15) is 19.0 Å². The highest BCUT2D eigenvalue weighted by Gasteiger charge is 2.21. The number of amides is 1. The van der Waals surface area contributed by atoms with Crippen molar-refractivity contribution in [3.05, 3.63) is 41.5 Å². The van der Waals surface area contributed by atoms with Gasteiger partial charge >= 0.3 is 12.2 Å². The first-order valence-corrected chi connectivity index (χ1v) is 6.82. The van der Waals surface area contributed by atoms with Gasteiger partial charge < -0.3 is 14.4 Å². The van der Waals surface area contributed by atoms with Gasteiger partial charge in [0.25, 0.3) is 0 Å². The molecule has 116 valence electrons. The summed E-state index contributed by atoms with van der Waals surface area (Å²) in [5.74, 6) is 0.156. The number of aromatic nitrogens is 2. The fourth-order valence-electron chi connectivity index (χ4n) is 2.03. The zero-order valence-electron chi connectivity index (χ0n) is 11.7. The lowest BCUT2D eigenvalue weighted by Crippen LogP contribution is -2.29. The molecule has 3 rings (SSSR count). The topological polar surface area (TPSA) is 77.7 Å². The van der Waals surface area contributed by atoms with Gasteiger partial charge in [-0.3, -0.25) is 4.52 Å². The van der Waals surface area contributed by atoms with Crippen LogP contribution in [0.1, 0.15) is 11.4 Å². The highest BCUT2D eigenvalue weighted by atomic mass is 19.1. The van der Waals surface area contributed by atoms with E-state index < -0.39 is 0 Å². The van der Waals surface area contributed by atoms with E-state index in [-0.39, 0.29) is 24.6 Å². The molecule has 1 aromatic carbocycles. The number of benzene rings is 1. The Bertz CT molecular complexity index is 644. The fourth-order valence-corrected chi connectivity index (χ4v) is 2.03. The van der Waals surface area contributed by atoms with E-state index in [2.05, 4.69) is 10.1 Å². The lowest BCUT2D eigenvalue weighted by atomic mass is 10.1. The Morgan fingerprint density at radius 2 is 2.14 bits per heavy atom. The van der Waals surface area contributed by atoms with Crippen molar-refractivity contribution in [2.45, 2.75) is 6.42 Å². The molecule has 1 amide bonds. The Labute approximate surface area is 125 Å². The largest absolute Gasteiger partial charge is 0.448 e. The first-order chi connectivity index (χ1) is 10.7. The number of hydrogen-bond donors (Lipinski definition) is 0. The van der Waals surface area contributed by atoms with Gasteiger partial charge in [-0.15, -0.1) is 0 Å². The van der Waals surface area contributed by atoms with E-state index in [0.717, 1.165) is 5.56 Å². The van der Waals surface area contributed by atoms with Gasteiger partial charge in [-0.25, -0.2) is 9.18 Å². The van der Waals surface area contributed by atoms with Crippen molar-refractivity contribution in [3.8, 4) is 6.08 Å². The standard InChI is InChI=1S/C14H14FN3O4/c15-11-3-1-10(2-4-11)9-12-16-13(22-17-12)20-7-5-18-6-8-21-14(18)19/h1-4H,5-9H2. The summed E-state index contributed by atoms with van der Waals surface area (Å²) in [6.07, 6.45) is 0.127. The van der Waals surface area contributed by atoms with E-state index in [0.29, 0.717) is 31.9 Å². The fraction of sp³-hybridized carbons (Fsp3) is 0.357. The maximum absolute atomic E-state index is 12.8. The minimum absolute atomic E-state index is 0.0460. The molecule has 7 nitrogen and oxygen atoms in total. The minimum atomic E-state index is -0.342. The summed E-state index contributed by atoms with van der Waals surface area (Å²) < 4.78 is 27.9. The van der Waals surface area contributed by atoms with Crippen LogP contribution in [0.25, 0.3) is 0 Å². The maximum atomic E-state index is 12.8. The first kappa shape index (κ1) is 14.3. The van der Waals surface area contributed by atoms with Crippen molar-refractivity contribution >= 4 is 6.09 Å². The minimum Gasteiger partial charge on any atom is -0.448 e. The van der Waals surface area contributed by atoms with Gasteiger partial charge in [0.15, 0.2) is 5.82 Å². The number of carbonyl (C=O) groups is 1. The summed E-state index contributed by atoms with van der Waals surface area (Å²) in [6, 6.07) is 6.07. The third kappa shape index (κ3) is 3.51. The summed E-state index contributed by atoms with van der Waals surface area (Å²) in [7, 11) is 0. The van der Waals surface area contributed by atoms with Crippen molar-refractivity contribution in [1.29, 1.82) is 0 Å². The average molecular weight is 307 g/mol. The summed E-state index contributed by atoms with van der Waals surface area (Å²) in [5, 5.41) is 3.79. The number of cyclic esters (lactones) is 1. The van der Waals surface area contributed by atoms with Gasteiger partial charge in [0.05, 0.1) is 13.1 Å². The molecule has 0 N–H and O–H groups in total. The Kier molecular flexibility index (Phi) is 4.17. The maximum Gasteiger partial charge on any atom is 0.417 e. The summed E-state index contributed by atoms with van der Waals surface area (Å²) in [5.41, 5.74) is 0.869. The second-order valence-electron chi connectivity index (χ2n) is 4.73. The molecule has 22 heavy (non-hydrogen) atoms. The molecule has 1 fully saturated rings. The van der Waals surface area contributed by atoms with Crippen LogP contribution in [0.3, 0.4) is 0 Å². The molecular formula is C14H14FN3O4. The molecule has 0 unspecified atom stereocenters. The second kappa shape index (κ2) is 6.42. The van der Waals surface area contributed by atoms with Crippen molar-refractivity contribution < 1.29 is 23.2 Å². The number of carbonyl (C=O) groups excluding carboxylic acids is 1. The summed E-state index contributed by atoms with van der Waals surface area (Å²) in [4.78, 5) is 16.8. The average Bonchev–Trinajstić information content (AvgIpc) is 3.12. The van der Waals surface area contributed by atoms with Crippen molar-refractivity contribution in [2.24, 2.45) is 0 Å². The molecule has 0 bridgehead atoms. The molecule has 1 aliphatic rings. The highest BCUT2D eigenvalue weighted by molar-refractivity contribution is 5.69. The van der Waals surface area contributed by atoms with Crippen molar-refractivity contribution in [2.75, 3.05) is 26.3 Å². The van der Waals surface area contributed by atoms with Crippen LogP contribution < -0.4 is 4.74 Å². The number of nitrogens with zero attached hydrogens (tertiary/aromatic N) is 3. The smallest absolute Gasteiger partial charge is 0.417 e. The van der Waals surface area contributed by atoms with Gasteiger partial charge in [-0.1, -0.05) is 17.3 Å². The van der Waals surface area contributed by atoms with Crippen LogP contribution in [-0.4, -0.2) is 47.4 Å². The molecule has 2 heterocycles. The Hall–Kier alpha value is -2.64. The predicted octanol–water partition coefficient (Wildman–Crippen LogP) is 1.63. The van der Waals surface area contributed by atoms with Gasteiger partial charge in [-0.05, 0) is 17.7 Å². The van der Waals surface area contributed by atoms with Crippen LogP contribution in [0.4, 0.5) is 9.18 Å². The van der Waals surface area contributed by atoms with E-state index in [1.165, 1.54) is 17.0 Å². The van der Waals surface area contributed by atoms with E-state index >= 15 is 0 Å². The lowest BCUT2D eigenvalue weighted by Gasteiger charge is -2.10. The van der Waals surface area contributed by atoms with Crippen molar-refractivity contribution in [3.63, 3.8) is 0 Å². The van der Waals surface area contributed by atoms with E-state index in [9.17, 15) is 9.18 Å². The number of ether oxygens (including phenoxy) is 2. The molecular weight excluding hydrogens is 293 g/mol. The van der Waals surface area contributed by atoms with Crippen LogP contribution in [-0.2, 0) is 11.2 Å². The molecule has 0 spiro atoms.